The van der Waals surface area contributed by atoms with E-state index >= 15 is 0 Å². The highest BCUT2D eigenvalue weighted by Crippen LogP contribution is 2.18. The lowest BCUT2D eigenvalue weighted by Crippen LogP contribution is -2.12. The Hall–Kier alpha value is -1.70. The van der Waals surface area contributed by atoms with Crippen molar-refractivity contribution in [3.8, 4) is 0 Å². The van der Waals surface area contributed by atoms with Crippen molar-refractivity contribution in [2.75, 3.05) is 0 Å². The van der Waals surface area contributed by atoms with Crippen LogP contribution in [0, 0.1) is 6.92 Å². The highest BCUT2D eigenvalue weighted by Gasteiger charge is 2.16. The van der Waals surface area contributed by atoms with Crippen LogP contribution in [0.25, 0.3) is 0 Å². The topological polar surface area (TPSA) is 94.3 Å². The summed E-state index contributed by atoms with van der Waals surface area (Å²) >= 11 is 0. The fourth-order valence-electron chi connectivity index (χ4n) is 1.82. The maximum absolute atomic E-state index is 12.3. The maximum Gasteiger partial charge on any atom is 0.238 e. The van der Waals surface area contributed by atoms with Crippen LogP contribution in [0.1, 0.15) is 11.1 Å². The normalized spacial score (nSPS) is 12.3. The van der Waals surface area contributed by atoms with Gasteiger partial charge in [0, 0.05) is 0 Å². The van der Waals surface area contributed by atoms with Gasteiger partial charge in [-0.25, -0.2) is 22.0 Å². The van der Waals surface area contributed by atoms with Crippen LogP contribution in [0.2, 0.25) is 0 Å². The van der Waals surface area contributed by atoms with E-state index in [1.54, 1.807) is 24.3 Å². The number of rotatable bonds is 4. The summed E-state index contributed by atoms with van der Waals surface area (Å²) in [6.07, 6.45) is 0. The summed E-state index contributed by atoms with van der Waals surface area (Å²) in [6.45, 7) is 1.88. The Bertz CT molecular complexity index is 837. The predicted molar refractivity (Wildman–Crippen MR) is 79.9 cm³/mol. The SMILES string of the molecule is Cc1ccc(S(=O)(=O)Cc2ccc(S(N)(=O)=O)cc2)cc1. The fourth-order valence-corrected chi connectivity index (χ4v) is 3.69. The Balaban J connectivity index is 2.27. The first-order chi connectivity index (χ1) is 9.68. The zero-order chi connectivity index (χ0) is 15.7. The highest BCUT2D eigenvalue weighted by atomic mass is 32.2. The van der Waals surface area contributed by atoms with Crippen molar-refractivity contribution in [1.29, 1.82) is 0 Å². The van der Waals surface area contributed by atoms with E-state index in [-0.39, 0.29) is 15.5 Å². The molecule has 112 valence electrons. The van der Waals surface area contributed by atoms with Gasteiger partial charge >= 0.3 is 0 Å². The lowest BCUT2D eigenvalue weighted by Gasteiger charge is -2.06. The Labute approximate surface area is 124 Å². The molecule has 0 spiro atoms. The molecule has 0 saturated heterocycles. The molecule has 0 amide bonds. The Morgan fingerprint density at radius 2 is 1.29 bits per heavy atom. The van der Waals surface area contributed by atoms with Gasteiger partial charge < -0.3 is 0 Å². The zero-order valence-electron chi connectivity index (χ0n) is 11.4. The fraction of sp³-hybridized carbons (Fsp3) is 0.143. The van der Waals surface area contributed by atoms with Gasteiger partial charge in [0.05, 0.1) is 15.5 Å². The molecule has 0 aliphatic carbocycles. The molecule has 0 aromatic heterocycles. The Kier molecular flexibility index (Phi) is 4.18. The monoisotopic (exact) mass is 325 g/mol. The molecule has 0 radical (unpaired) electrons. The second-order valence-corrected chi connectivity index (χ2v) is 8.31. The Morgan fingerprint density at radius 1 is 0.810 bits per heavy atom. The van der Waals surface area contributed by atoms with Crippen molar-refractivity contribution >= 4 is 19.9 Å². The predicted octanol–water partition coefficient (Wildman–Crippen LogP) is 1.62. The van der Waals surface area contributed by atoms with E-state index in [9.17, 15) is 16.8 Å². The van der Waals surface area contributed by atoms with E-state index in [0.29, 0.717) is 5.56 Å². The second-order valence-electron chi connectivity index (χ2n) is 4.76. The lowest BCUT2D eigenvalue weighted by molar-refractivity contribution is 0.595. The van der Waals surface area contributed by atoms with Crippen molar-refractivity contribution in [2.24, 2.45) is 5.14 Å². The van der Waals surface area contributed by atoms with Gasteiger partial charge in [-0.1, -0.05) is 29.8 Å². The number of hydrogen-bond acceptors (Lipinski definition) is 4. The smallest absolute Gasteiger partial charge is 0.225 e. The van der Waals surface area contributed by atoms with Crippen LogP contribution in [0.4, 0.5) is 0 Å². The summed E-state index contributed by atoms with van der Waals surface area (Å²) in [4.78, 5) is 0.197. The quantitative estimate of drug-likeness (QED) is 0.924. The van der Waals surface area contributed by atoms with Crippen LogP contribution < -0.4 is 5.14 Å². The molecule has 0 unspecified atom stereocenters. The molecule has 0 bridgehead atoms. The molecule has 5 nitrogen and oxygen atoms in total. The van der Waals surface area contributed by atoms with E-state index in [4.69, 9.17) is 5.14 Å². The number of sulfone groups is 1. The number of sulfonamides is 1. The van der Waals surface area contributed by atoms with Crippen LogP contribution in [0.3, 0.4) is 0 Å². The molecular weight excluding hydrogens is 310 g/mol. The van der Waals surface area contributed by atoms with E-state index in [0.717, 1.165) is 5.56 Å². The summed E-state index contributed by atoms with van der Waals surface area (Å²) in [5.74, 6) is -0.193. The van der Waals surface area contributed by atoms with E-state index < -0.39 is 19.9 Å². The van der Waals surface area contributed by atoms with Gasteiger partial charge in [0.15, 0.2) is 9.84 Å². The average Bonchev–Trinajstić information content (AvgIpc) is 2.38. The molecule has 0 heterocycles. The van der Waals surface area contributed by atoms with Crippen LogP contribution in [0.5, 0.6) is 0 Å². The lowest BCUT2D eigenvalue weighted by atomic mass is 10.2. The largest absolute Gasteiger partial charge is 0.238 e. The summed E-state index contributed by atoms with van der Waals surface area (Å²) in [5.41, 5.74) is 1.48. The van der Waals surface area contributed by atoms with Gasteiger partial charge in [-0.2, -0.15) is 0 Å². The van der Waals surface area contributed by atoms with Gasteiger partial charge in [0.2, 0.25) is 10.0 Å². The summed E-state index contributed by atoms with van der Waals surface area (Å²) < 4.78 is 46.8. The average molecular weight is 325 g/mol. The second kappa shape index (κ2) is 5.59. The van der Waals surface area contributed by atoms with Crippen molar-refractivity contribution in [3.05, 3.63) is 59.7 Å². The Morgan fingerprint density at radius 3 is 1.76 bits per heavy atom. The molecule has 0 aliphatic heterocycles. The minimum atomic E-state index is -3.77. The molecule has 0 atom stereocenters. The molecule has 2 N–H and O–H groups in total. The third-order valence-corrected chi connectivity index (χ3v) is 5.62. The van der Waals surface area contributed by atoms with Crippen molar-refractivity contribution < 1.29 is 16.8 Å². The third kappa shape index (κ3) is 3.90. The van der Waals surface area contributed by atoms with Gasteiger partial charge in [0.25, 0.3) is 0 Å². The number of aryl methyl sites for hydroxylation is 1. The number of benzene rings is 2. The summed E-state index contributed by atoms with van der Waals surface area (Å²) in [7, 11) is -7.23. The first-order valence-electron chi connectivity index (χ1n) is 6.10. The van der Waals surface area contributed by atoms with Crippen LogP contribution >= 0.6 is 0 Å². The molecule has 2 aromatic rings. The maximum atomic E-state index is 12.3. The van der Waals surface area contributed by atoms with E-state index in [1.807, 2.05) is 6.92 Å². The minimum absolute atomic E-state index is 0.0426. The molecule has 0 saturated carbocycles. The first-order valence-corrected chi connectivity index (χ1v) is 9.29. The number of primary sulfonamides is 1. The molecule has 2 aromatic carbocycles. The number of hydrogen-bond donors (Lipinski definition) is 1. The standard InChI is InChI=1S/C14H15NO4S2/c1-11-2-6-13(7-3-11)20(16,17)10-12-4-8-14(9-5-12)21(15,18)19/h2-9H,10H2,1H3,(H2,15,18,19). The molecule has 21 heavy (non-hydrogen) atoms. The molecule has 7 heteroatoms. The first kappa shape index (κ1) is 15.7. The van der Waals surface area contributed by atoms with Crippen molar-refractivity contribution in [1.82, 2.24) is 0 Å². The highest BCUT2D eigenvalue weighted by molar-refractivity contribution is 7.90. The van der Waals surface area contributed by atoms with Crippen molar-refractivity contribution in [2.45, 2.75) is 22.5 Å². The molecular formula is C14H15NO4S2. The molecule has 2 rings (SSSR count). The van der Waals surface area contributed by atoms with Crippen LogP contribution in [0.15, 0.2) is 58.3 Å². The van der Waals surface area contributed by atoms with Crippen LogP contribution in [-0.4, -0.2) is 16.8 Å². The van der Waals surface area contributed by atoms with Gasteiger partial charge in [-0.3, -0.25) is 0 Å². The van der Waals surface area contributed by atoms with E-state index in [2.05, 4.69) is 0 Å². The molecule has 0 aliphatic rings. The zero-order valence-corrected chi connectivity index (χ0v) is 13.0. The number of nitrogens with two attached hydrogens (primary N) is 1. The summed E-state index contributed by atoms with van der Waals surface area (Å²) in [6, 6.07) is 12.1. The van der Waals surface area contributed by atoms with E-state index in [1.165, 1.54) is 24.3 Å². The third-order valence-electron chi connectivity index (χ3n) is 2.99. The molecule has 0 fully saturated rings. The van der Waals surface area contributed by atoms with Gasteiger partial charge in [0.1, 0.15) is 0 Å². The van der Waals surface area contributed by atoms with Crippen LogP contribution in [-0.2, 0) is 25.6 Å². The van der Waals surface area contributed by atoms with Crippen molar-refractivity contribution in [3.63, 3.8) is 0 Å². The summed E-state index contributed by atoms with van der Waals surface area (Å²) in [5, 5.41) is 4.99. The van der Waals surface area contributed by atoms with Gasteiger partial charge in [-0.15, -0.1) is 0 Å². The van der Waals surface area contributed by atoms with Gasteiger partial charge in [-0.05, 0) is 36.8 Å². The minimum Gasteiger partial charge on any atom is -0.225 e.